The Morgan fingerprint density at radius 1 is 0.466 bits per heavy atom. The largest absolute Gasteiger partial charge is 0.309 e. The van der Waals surface area contributed by atoms with Gasteiger partial charge in [0.25, 0.3) is 0 Å². The van der Waals surface area contributed by atoms with Crippen LogP contribution in [0.5, 0.6) is 0 Å². The summed E-state index contributed by atoms with van der Waals surface area (Å²) in [6.07, 6.45) is 6.49. The van der Waals surface area contributed by atoms with Gasteiger partial charge in [-0.05, 0) is 81.5 Å². The van der Waals surface area contributed by atoms with Crippen LogP contribution in [0.2, 0.25) is 0 Å². The molecule has 1 aliphatic carbocycles. The van der Waals surface area contributed by atoms with E-state index >= 15 is 0 Å². The van der Waals surface area contributed by atoms with Crippen molar-refractivity contribution in [2.75, 3.05) is 4.90 Å². The van der Waals surface area contributed by atoms with Crippen LogP contribution in [0.4, 0.5) is 17.1 Å². The van der Waals surface area contributed by atoms with Gasteiger partial charge in [-0.15, -0.1) is 11.3 Å². The summed E-state index contributed by atoms with van der Waals surface area (Å²) in [4.78, 5) is 2.56. The van der Waals surface area contributed by atoms with Gasteiger partial charge in [0, 0.05) is 42.4 Å². The summed E-state index contributed by atoms with van der Waals surface area (Å²) in [6, 6.07) is 66.0. The Kier molecular flexibility index (Phi) is 9.46. The molecule has 1 saturated carbocycles. The number of para-hydroxylation sites is 3. The topological polar surface area (TPSA) is 3.24 Å². The minimum Gasteiger partial charge on any atom is -0.309 e. The second-order valence-corrected chi connectivity index (χ2v) is 18.1. The lowest BCUT2D eigenvalue weighted by molar-refractivity contribution is 0.445. The zero-order valence-corrected chi connectivity index (χ0v) is 34.5. The first-order valence-electron chi connectivity index (χ1n) is 21.0. The number of hydrogen-bond acceptors (Lipinski definition) is 2. The number of hydrogen-bond donors (Lipinski definition) is 0. The second kappa shape index (κ2) is 15.1. The van der Waals surface area contributed by atoms with Crippen molar-refractivity contribution in [2.24, 2.45) is 0 Å². The fraction of sp³-hybridized carbons (Fsp3) is 0.179. The van der Waals surface area contributed by atoms with Crippen molar-refractivity contribution in [1.29, 1.82) is 0 Å². The summed E-state index contributed by atoms with van der Waals surface area (Å²) in [5.74, 6) is 0.584. The van der Waals surface area contributed by atoms with E-state index < -0.39 is 0 Å². The summed E-state index contributed by atoms with van der Waals surface area (Å²) in [5.41, 5.74) is 13.8. The van der Waals surface area contributed by atoms with Crippen LogP contribution in [0, 0.1) is 0 Å². The molecule has 1 fully saturated rings. The van der Waals surface area contributed by atoms with Crippen LogP contribution in [0.25, 0.3) is 64.3 Å². The van der Waals surface area contributed by atoms with Crippen LogP contribution in [0.15, 0.2) is 176 Å². The molecule has 0 radical (unpaired) electrons. The molecule has 0 bridgehead atoms. The molecule has 1 aliphatic rings. The van der Waals surface area contributed by atoms with Crippen molar-refractivity contribution in [3.63, 3.8) is 0 Å². The summed E-state index contributed by atoms with van der Waals surface area (Å²) in [7, 11) is 0. The third kappa shape index (κ3) is 6.50. The summed E-state index contributed by atoms with van der Waals surface area (Å²) in [6.45, 7) is 6.86. The minimum atomic E-state index is 0.0739. The van der Waals surface area contributed by atoms with Gasteiger partial charge in [-0.1, -0.05) is 192 Å². The molecule has 58 heavy (non-hydrogen) atoms. The zero-order valence-electron chi connectivity index (χ0n) is 33.7. The molecule has 2 heteroatoms. The molecule has 0 amide bonds. The van der Waals surface area contributed by atoms with Crippen molar-refractivity contribution in [3.05, 3.63) is 187 Å². The van der Waals surface area contributed by atoms with Gasteiger partial charge in [-0.2, -0.15) is 0 Å². The molecule has 0 spiro atoms. The van der Waals surface area contributed by atoms with Crippen molar-refractivity contribution >= 4 is 59.3 Å². The molecule has 8 aromatic carbocycles. The lowest BCUT2D eigenvalue weighted by atomic mass is 9.80. The Balaban J connectivity index is 1.25. The zero-order chi connectivity index (χ0) is 39.2. The van der Waals surface area contributed by atoms with Crippen LogP contribution in [-0.2, 0) is 5.41 Å². The Morgan fingerprint density at radius 3 is 1.71 bits per heavy atom. The molecule has 0 atom stereocenters. The Hall–Kier alpha value is -5.96. The highest BCUT2D eigenvalue weighted by molar-refractivity contribution is 7.26. The maximum absolute atomic E-state index is 2.56. The molecule has 9 aromatic rings. The van der Waals surface area contributed by atoms with E-state index in [-0.39, 0.29) is 5.41 Å². The minimum absolute atomic E-state index is 0.0739. The lowest BCUT2D eigenvalue weighted by Crippen LogP contribution is -2.14. The molecule has 0 unspecified atom stereocenters. The van der Waals surface area contributed by atoms with Gasteiger partial charge < -0.3 is 4.90 Å². The average molecular weight is 768 g/mol. The van der Waals surface area contributed by atoms with Gasteiger partial charge in [0.2, 0.25) is 0 Å². The van der Waals surface area contributed by atoms with E-state index in [1.165, 1.54) is 113 Å². The molecule has 1 aromatic heterocycles. The fourth-order valence-corrected chi connectivity index (χ4v) is 10.8. The van der Waals surface area contributed by atoms with E-state index in [1.807, 2.05) is 11.3 Å². The number of fused-ring (bicyclic) bond motifs is 4. The molecule has 0 saturated heterocycles. The van der Waals surface area contributed by atoms with Crippen molar-refractivity contribution < 1.29 is 0 Å². The molecule has 284 valence electrons. The second-order valence-electron chi connectivity index (χ2n) is 17.1. The highest BCUT2D eigenvalue weighted by atomic mass is 32.1. The number of thiophene rings is 1. The molecule has 1 heterocycles. The van der Waals surface area contributed by atoms with Crippen LogP contribution in [0.3, 0.4) is 0 Å². The van der Waals surface area contributed by atoms with Crippen LogP contribution >= 0.6 is 11.3 Å². The normalized spacial score (nSPS) is 13.7. The average Bonchev–Trinajstić information content (AvgIpc) is 3.66. The van der Waals surface area contributed by atoms with Gasteiger partial charge in [0.15, 0.2) is 0 Å². The first kappa shape index (κ1) is 36.4. The Bertz CT molecular complexity index is 2910. The first-order valence-corrected chi connectivity index (χ1v) is 21.9. The van der Waals surface area contributed by atoms with Crippen molar-refractivity contribution in [3.8, 4) is 33.4 Å². The predicted octanol–water partition coefficient (Wildman–Crippen LogP) is 17.0. The van der Waals surface area contributed by atoms with Gasteiger partial charge >= 0.3 is 0 Å². The number of rotatable bonds is 7. The van der Waals surface area contributed by atoms with Crippen LogP contribution in [-0.4, -0.2) is 0 Å². The van der Waals surface area contributed by atoms with Crippen LogP contribution < -0.4 is 4.90 Å². The molecular weight excluding hydrogens is 719 g/mol. The maximum Gasteiger partial charge on any atom is 0.0541 e. The summed E-state index contributed by atoms with van der Waals surface area (Å²) >= 11 is 1.90. The van der Waals surface area contributed by atoms with E-state index in [0.29, 0.717) is 5.92 Å². The Morgan fingerprint density at radius 2 is 1.00 bits per heavy atom. The molecular formula is C56H49NS. The predicted molar refractivity (Wildman–Crippen MR) is 252 cm³/mol. The van der Waals surface area contributed by atoms with Crippen molar-refractivity contribution in [2.45, 2.75) is 64.2 Å². The van der Waals surface area contributed by atoms with Gasteiger partial charge in [-0.3, -0.25) is 0 Å². The quantitative estimate of drug-likeness (QED) is 0.156. The molecule has 10 rings (SSSR count). The van der Waals surface area contributed by atoms with Gasteiger partial charge in [-0.25, -0.2) is 0 Å². The van der Waals surface area contributed by atoms with E-state index in [0.717, 1.165) is 11.4 Å². The summed E-state index contributed by atoms with van der Waals surface area (Å²) in [5, 5.41) is 5.35. The fourth-order valence-electron chi connectivity index (χ4n) is 9.55. The van der Waals surface area contributed by atoms with E-state index in [2.05, 4.69) is 202 Å². The number of benzene rings is 8. The van der Waals surface area contributed by atoms with E-state index in [1.54, 1.807) is 0 Å². The van der Waals surface area contributed by atoms with E-state index in [4.69, 9.17) is 0 Å². The van der Waals surface area contributed by atoms with Gasteiger partial charge in [0.1, 0.15) is 0 Å². The van der Waals surface area contributed by atoms with Gasteiger partial charge in [0.05, 0.1) is 17.1 Å². The third-order valence-corrected chi connectivity index (χ3v) is 13.7. The smallest absolute Gasteiger partial charge is 0.0541 e. The molecule has 1 nitrogen and oxygen atoms in total. The highest BCUT2D eigenvalue weighted by Crippen LogP contribution is 2.51. The number of anilines is 3. The third-order valence-electron chi connectivity index (χ3n) is 12.5. The number of nitrogens with zero attached hydrogens (tertiary/aromatic N) is 1. The monoisotopic (exact) mass is 767 g/mol. The van der Waals surface area contributed by atoms with E-state index in [9.17, 15) is 0 Å². The first-order chi connectivity index (χ1) is 28.4. The summed E-state index contributed by atoms with van der Waals surface area (Å²) < 4.78 is 2.64. The van der Waals surface area contributed by atoms with Crippen LogP contribution in [0.1, 0.15) is 69.9 Å². The standard InChI is InChI=1S/C56H49NS/c1-56(2,3)41-36-34-39(35-37-41)42-22-7-11-30-50(42)57(52-32-13-9-24-45(52)48-28-17-29-49-46-25-10-14-33-53(46)58-55(48)49)51-31-12-8-23-44(51)47-27-16-21-40-20-15-26-43(54(40)47)38-18-5-4-6-19-38/h7-17,20-38H,4-6,18-19H2,1-3H3. The maximum atomic E-state index is 2.56. The Labute approximate surface area is 347 Å². The highest BCUT2D eigenvalue weighted by Gasteiger charge is 2.26. The SMILES string of the molecule is CC(C)(C)c1ccc(-c2ccccc2N(c2ccccc2-c2cccc3c2sc2ccccc23)c2ccccc2-c2cccc3cccc(C4CCCCC4)c23)cc1. The molecule has 0 N–H and O–H groups in total. The molecule has 0 aliphatic heterocycles. The lowest BCUT2D eigenvalue weighted by Gasteiger charge is -2.32. The van der Waals surface area contributed by atoms with Crippen molar-refractivity contribution in [1.82, 2.24) is 0 Å².